The highest BCUT2D eigenvalue weighted by Crippen LogP contribution is 2.54. The third-order valence-electron chi connectivity index (χ3n) is 11.5. The number of fused-ring (bicyclic) bond motifs is 9. The first-order valence-electron chi connectivity index (χ1n) is 18.6. The molecule has 0 aliphatic heterocycles. The van der Waals surface area contributed by atoms with Crippen LogP contribution in [0.25, 0.3) is 75.5 Å². The quantitative estimate of drug-likeness (QED) is 0.177. The molecular weight excluding hydrogens is 675 g/mol. The number of anilines is 3. The molecule has 3 heteroatoms. The van der Waals surface area contributed by atoms with Gasteiger partial charge in [0.05, 0.1) is 5.69 Å². The Labute approximate surface area is 318 Å². The van der Waals surface area contributed by atoms with Crippen LogP contribution in [0.1, 0.15) is 25.0 Å². The Kier molecular flexibility index (Phi) is 6.80. The van der Waals surface area contributed by atoms with Crippen LogP contribution in [0.2, 0.25) is 0 Å². The van der Waals surface area contributed by atoms with Gasteiger partial charge in [0.15, 0.2) is 0 Å². The maximum absolute atomic E-state index is 6.27. The molecule has 0 unspecified atom stereocenters. The monoisotopic (exact) mass is 709 g/mol. The molecule has 0 radical (unpaired) electrons. The van der Waals surface area contributed by atoms with E-state index >= 15 is 0 Å². The fraction of sp³-hybridized carbons (Fsp3) is 0.0588. The summed E-state index contributed by atoms with van der Waals surface area (Å²) in [6.45, 7) is 4.71. The fourth-order valence-electron chi connectivity index (χ4n) is 8.86. The molecule has 0 bridgehead atoms. The van der Waals surface area contributed by atoms with Crippen LogP contribution in [0.15, 0.2) is 180 Å². The van der Waals surface area contributed by atoms with Crippen LogP contribution in [0, 0.1) is 0 Å². The van der Waals surface area contributed by atoms with Crippen molar-refractivity contribution < 1.29 is 4.42 Å². The van der Waals surface area contributed by atoms with E-state index in [9.17, 15) is 0 Å². The fourth-order valence-corrected chi connectivity index (χ4v) is 9.95. The van der Waals surface area contributed by atoms with E-state index in [-0.39, 0.29) is 5.41 Å². The maximum Gasteiger partial charge on any atom is 0.136 e. The topological polar surface area (TPSA) is 16.4 Å². The SMILES string of the molecule is CC1(C)c2ccccc2-c2c(-c3ccccc3N(c3ccc(-c4ccc5c(c4)oc4ccccc45)cc3)c3ccc4sc5ccccc5c4c3)cccc21. The molecule has 1 aliphatic rings. The zero-order valence-electron chi connectivity index (χ0n) is 30.0. The Balaban J connectivity index is 1.10. The summed E-state index contributed by atoms with van der Waals surface area (Å²) in [6.07, 6.45) is 0. The number of thiophene rings is 1. The lowest BCUT2D eigenvalue weighted by molar-refractivity contribution is 0.660. The molecule has 0 spiro atoms. The first-order chi connectivity index (χ1) is 26.5. The Morgan fingerprint density at radius 1 is 0.444 bits per heavy atom. The van der Waals surface area contributed by atoms with Gasteiger partial charge < -0.3 is 9.32 Å². The first-order valence-corrected chi connectivity index (χ1v) is 19.4. The van der Waals surface area contributed by atoms with Gasteiger partial charge in [0.1, 0.15) is 11.2 Å². The highest BCUT2D eigenvalue weighted by Gasteiger charge is 2.37. The van der Waals surface area contributed by atoms with Gasteiger partial charge >= 0.3 is 0 Å². The number of rotatable bonds is 5. The zero-order chi connectivity index (χ0) is 36.0. The minimum atomic E-state index is -0.0805. The lowest BCUT2D eigenvalue weighted by atomic mass is 9.82. The zero-order valence-corrected chi connectivity index (χ0v) is 30.8. The summed E-state index contributed by atoms with van der Waals surface area (Å²) < 4.78 is 8.87. The Hall–Kier alpha value is -6.42. The summed E-state index contributed by atoms with van der Waals surface area (Å²) in [7, 11) is 0. The minimum Gasteiger partial charge on any atom is -0.456 e. The second-order valence-corrected chi connectivity index (χ2v) is 16.0. The molecule has 1 aliphatic carbocycles. The predicted molar refractivity (Wildman–Crippen MR) is 230 cm³/mol. The Morgan fingerprint density at radius 3 is 1.98 bits per heavy atom. The van der Waals surface area contributed by atoms with Gasteiger partial charge in [-0.05, 0) is 99.6 Å². The third kappa shape index (κ3) is 4.65. The van der Waals surface area contributed by atoms with Crippen LogP contribution >= 0.6 is 11.3 Å². The van der Waals surface area contributed by atoms with E-state index in [1.807, 2.05) is 23.5 Å². The van der Waals surface area contributed by atoms with Crippen LogP contribution in [-0.2, 0) is 5.41 Å². The molecule has 54 heavy (non-hydrogen) atoms. The summed E-state index contributed by atoms with van der Waals surface area (Å²) in [5, 5.41) is 4.87. The van der Waals surface area contributed by atoms with Crippen LogP contribution in [0.3, 0.4) is 0 Å². The standard InChI is InChI=1S/C51H35NOS/c1-51(2)43-17-7-3-15-41(43)50-40(16-11-18-44(50)51)36-12-4-8-19-45(36)52(35-27-29-49-42(31-35)39-14-6-10-21-48(39)54-49)34-25-22-32(23-26-34)33-24-28-38-37-13-5-9-20-46(37)53-47(38)30-33/h3-31H,1-2H3. The minimum absolute atomic E-state index is 0.0805. The average Bonchev–Trinajstić information content (AvgIpc) is 3.86. The molecule has 0 saturated heterocycles. The van der Waals surface area contributed by atoms with Crippen molar-refractivity contribution in [3.63, 3.8) is 0 Å². The van der Waals surface area contributed by atoms with Crippen molar-refractivity contribution in [2.45, 2.75) is 19.3 Å². The van der Waals surface area contributed by atoms with Gasteiger partial charge in [-0.1, -0.05) is 129 Å². The van der Waals surface area contributed by atoms with Crippen molar-refractivity contribution in [1.82, 2.24) is 0 Å². The van der Waals surface area contributed by atoms with Crippen molar-refractivity contribution >= 4 is 70.5 Å². The highest BCUT2D eigenvalue weighted by atomic mass is 32.1. The largest absolute Gasteiger partial charge is 0.456 e. The molecule has 256 valence electrons. The summed E-state index contributed by atoms with van der Waals surface area (Å²) in [5.74, 6) is 0. The molecule has 2 aromatic heterocycles. The van der Waals surface area contributed by atoms with Crippen molar-refractivity contribution in [1.29, 1.82) is 0 Å². The molecule has 0 N–H and O–H groups in total. The number of nitrogens with zero attached hydrogens (tertiary/aromatic N) is 1. The van der Waals surface area contributed by atoms with Gasteiger partial charge in [0, 0.05) is 53.3 Å². The number of benzene rings is 8. The molecular formula is C51H35NOS. The number of hydrogen-bond donors (Lipinski definition) is 0. The Morgan fingerprint density at radius 2 is 1.09 bits per heavy atom. The molecule has 8 aromatic carbocycles. The molecule has 0 fully saturated rings. The van der Waals surface area contributed by atoms with E-state index in [2.05, 4.69) is 183 Å². The number of para-hydroxylation sites is 2. The molecule has 0 saturated carbocycles. The van der Waals surface area contributed by atoms with Crippen molar-refractivity contribution in [2.75, 3.05) is 4.90 Å². The van der Waals surface area contributed by atoms with Crippen LogP contribution in [0.4, 0.5) is 17.1 Å². The van der Waals surface area contributed by atoms with Gasteiger partial charge in [-0.15, -0.1) is 11.3 Å². The maximum atomic E-state index is 6.27. The lowest BCUT2D eigenvalue weighted by Gasteiger charge is -2.29. The Bertz CT molecular complexity index is 3090. The predicted octanol–water partition coefficient (Wildman–Crippen LogP) is 15.1. The van der Waals surface area contributed by atoms with E-state index in [1.165, 1.54) is 53.6 Å². The molecule has 2 nitrogen and oxygen atoms in total. The third-order valence-corrected chi connectivity index (χ3v) is 12.7. The van der Waals surface area contributed by atoms with Gasteiger partial charge in [0.25, 0.3) is 0 Å². The van der Waals surface area contributed by atoms with Crippen molar-refractivity contribution in [3.05, 3.63) is 187 Å². The van der Waals surface area contributed by atoms with E-state index in [1.54, 1.807) is 0 Å². The van der Waals surface area contributed by atoms with Crippen molar-refractivity contribution in [3.8, 4) is 33.4 Å². The number of furan rings is 1. The second-order valence-electron chi connectivity index (χ2n) is 14.9. The van der Waals surface area contributed by atoms with Crippen molar-refractivity contribution in [2.24, 2.45) is 0 Å². The molecule has 10 aromatic rings. The number of hydrogen-bond acceptors (Lipinski definition) is 3. The van der Waals surface area contributed by atoms with Crippen LogP contribution in [-0.4, -0.2) is 0 Å². The summed E-state index contributed by atoms with van der Waals surface area (Å²) in [6, 6.07) is 64.2. The van der Waals surface area contributed by atoms with Gasteiger partial charge in [0.2, 0.25) is 0 Å². The van der Waals surface area contributed by atoms with Gasteiger partial charge in [-0.25, -0.2) is 0 Å². The average molecular weight is 710 g/mol. The summed E-state index contributed by atoms with van der Waals surface area (Å²) in [5.41, 5.74) is 15.3. The van der Waals surface area contributed by atoms with Crippen LogP contribution < -0.4 is 4.90 Å². The van der Waals surface area contributed by atoms with E-state index in [0.29, 0.717) is 0 Å². The summed E-state index contributed by atoms with van der Waals surface area (Å²) >= 11 is 1.86. The van der Waals surface area contributed by atoms with E-state index < -0.39 is 0 Å². The van der Waals surface area contributed by atoms with E-state index in [4.69, 9.17) is 4.42 Å². The smallest absolute Gasteiger partial charge is 0.136 e. The van der Waals surface area contributed by atoms with Crippen LogP contribution in [0.5, 0.6) is 0 Å². The lowest BCUT2D eigenvalue weighted by Crippen LogP contribution is -2.14. The molecule has 0 atom stereocenters. The highest BCUT2D eigenvalue weighted by molar-refractivity contribution is 7.25. The normalized spacial score (nSPS) is 13.1. The molecule has 2 heterocycles. The molecule has 11 rings (SSSR count). The molecule has 0 amide bonds. The first kappa shape index (κ1) is 31.1. The van der Waals surface area contributed by atoms with E-state index in [0.717, 1.165) is 50.1 Å². The second kappa shape index (κ2) is 11.8. The van der Waals surface area contributed by atoms with Gasteiger partial charge in [-0.2, -0.15) is 0 Å². The van der Waals surface area contributed by atoms with Gasteiger partial charge in [-0.3, -0.25) is 0 Å². The summed E-state index contributed by atoms with van der Waals surface area (Å²) in [4.78, 5) is 2.44.